The van der Waals surface area contributed by atoms with Gasteiger partial charge in [-0.3, -0.25) is 0 Å². The number of ether oxygens (including phenoxy) is 1. The predicted molar refractivity (Wildman–Crippen MR) is 85.2 cm³/mol. The van der Waals surface area contributed by atoms with Crippen LogP contribution in [0.3, 0.4) is 0 Å². The highest BCUT2D eigenvalue weighted by atomic mass is 35.5. The van der Waals surface area contributed by atoms with Crippen molar-refractivity contribution in [2.75, 3.05) is 20.8 Å². The predicted octanol–water partition coefficient (Wildman–Crippen LogP) is 3.92. The molecule has 2 rings (SSSR count). The highest BCUT2D eigenvalue weighted by molar-refractivity contribution is 6.30. The summed E-state index contributed by atoms with van der Waals surface area (Å²) < 4.78 is 5.10. The third kappa shape index (κ3) is 3.83. The Morgan fingerprint density at radius 3 is 2.50 bits per heavy atom. The maximum atomic E-state index is 6.08. The second-order valence-corrected chi connectivity index (χ2v) is 5.21. The first kappa shape index (κ1) is 15.0. The van der Waals surface area contributed by atoms with E-state index in [0.29, 0.717) is 0 Å². The minimum atomic E-state index is 0.755. The molecule has 0 aliphatic heterocycles. The van der Waals surface area contributed by atoms with E-state index in [-0.39, 0.29) is 0 Å². The van der Waals surface area contributed by atoms with Crippen molar-refractivity contribution in [2.45, 2.75) is 13.0 Å². The normalized spacial score (nSPS) is 10.8. The van der Waals surface area contributed by atoms with Gasteiger partial charge in [-0.05, 0) is 47.9 Å². The van der Waals surface area contributed by atoms with Gasteiger partial charge in [0.15, 0.2) is 0 Å². The molecule has 2 aromatic rings. The van der Waals surface area contributed by atoms with Gasteiger partial charge in [0.2, 0.25) is 0 Å². The summed E-state index contributed by atoms with van der Waals surface area (Å²) in [5, 5.41) is 3.96. The van der Waals surface area contributed by atoms with Gasteiger partial charge in [0.1, 0.15) is 0 Å². The molecular formula is C17H20ClNO. The number of rotatable bonds is 6. The van der Waals surface area contributed by atoms with E-state index >= 15 is 0 Å². The molecule has 0 spiro atoms. The van der Waals surface area contributed by atoms with Crippen LogP contribution in [0.25, 0.3) is 11.1 Å². The molecule has 0 fully saturated rings. The Bertz CT molecular complexity index is 551. The van der Waals surface area contributed by atoms with Crippen molar-refractivity contribution < 1.29 is 4.74 Å². The van der Waals surface area contributed by atoms with Crippen LogP contribution in [-0.2, 0) is 17.7 Å². The van der Waals surface area contributed by atoms with Crippen molar-refractivity contribution in [1.29, 1.82) is 0 Å². The molecule has 2 aromatic carbocycles. The van der Waals surface area contributed by atoms with E-state index in [9.17, 15) is 0 Å². The van der Waals surface area contributed by atoms with Crippen LogP contribution in [0.5, 0.6) is 0 Å². The molecule has 0 heterocycles. The smallest absolute Gasteiger partial charge is 0.0502 e. The topological polar surface area (TPSA) is 21.3 Å². The van der Waals surface area contributed by atoms with E-state index in [4.69, 9.17) is 16.3 Å². The van der Waals surface area contributed by atoms with Crippen molar-refractivity contribution in [3.8, 4) is 11.1 Å². The largest absolute Gasteiger partial charge is 0.384 e. The Balaban J connectivity index is 2.26. The van der Waals surface area contributed by atoms with Crippen molar-refractivity contribution in [2.24, 2.45) is 0 Å². The number of methoxy groups -OCH3 is 1. The number of hydrogen-bond acceptors (Lipinski definition) is 2. The lowest BCUT2D eigenvalue weighted by Crippen LogP contribution is -2.06. The Morgan fingerprint density at radius 2 is 1.85 bits per heavy atom. The Hall–Kier alpha value is -1.35. The summed E-state index contributed by atoms with van der Waals surface area (Å²) in [6.07, 6.45) is 0.945. The van der Waals surface area contributed by atoms with Crippen LogP contribution < -0.4 is 5.32 Å². The monoisotopic (exact) mass is 289 g/mol. The molecule has 0 amide bonds. The molecule has 0 saturated heterocycles. The van der Waals surface area contributed by atoms with E-state index in [1.54, 1.807) is 7.11 Å². The fourth-order valence-corrected chi connectivity index (χ4v) is 2.45. The van der Waals surface area contributed by atoms with Crippen molar-refractivity contribution in [1.82, 2.24) is 5.32 Å². The van der Waals surface area contributed by atoms with Crippen LogP contribution in [0.15, 0.2) is 42.5 Å². The zero-order valence-electron chi connectivity index (χ0n) is 11.9. The zero-order chi connectivity index (χ0) is 14.4. The summed E-state index contributed by atoms with van der Waals surface area (Å²) in [5.74, 6) is 0. The van der Waals surface area contributed by atoms with Gasteiger partial charge in [-0.2, -0.15) is 0 Å². The highest BCUT2D eigenvalue weighted by Gasteiger charge is 2.05. The lowest BCUT2D eigenvalue weighted by atomic mass is 9.98. The fraction of sp³-hybridized carbons (Fsp3) is 0.294. The van der Waals surface area contributed by atoms with Crippen LogP contribution in [0.1, 0.15) is 11.1 Å². The highest BCUT2D eigenvalue weighted by Crippen LogP contribution is 2.27. The average molecular weight is 290 g/mol. The van der Waals surface area contributed by atoms with E-state index in [0.717, 1.165) is 24.6 Å². The lowest BCUT2D eigenvalue weighted by molar-refractivity contribution is 0.202. The van der Waals surface area contributed by atoms with Crippen molar-refractivity contribution in [3.05, 3.63) is 58.6 Å². The quantitative estimate of drug-likeness (QED) is 0.870. The van der Waals surface area contributed by atoms with Crippen LogP contribution >= 0.6 is 11.6 Å². The third-order valence-electron chi connectivity index (χ3n) is 3.29. The van der Waals surface area contributed by atoms with Gasteiger partial charge in [-0.15, -0.1) is 0 Å². The maximum Gasteiger partial charge on any atom is 0.0502 e. The first-order valence-electron chi connectivity index (χ1n) is 6.76. The number of hydrogen-bond donors (Lipinski definition) is 1. The van der Waals surface area contributed by atoms with Gasteiger partial charge in [0, 0.05) is 18.7 Å². The molecule has 3 heteroatoms. The summed E-state index contributed by atoms with van der Waals surface area (Å²) in [4.78, 5) is 0. The van der Waals surface area contributed by atoms with Gasteiger partial charge < -0.3 is 10.1 Å². The summed E-state index contributed by atoms with van der Waals surface area (Å²) in [6.45, 7) is 1.56. The molecule has 0 bridgehead atoms. The summed E-state index contributed by atoms with van der Waals surface area (Å²) >= 11 is 6.08. The summed E-state index contributed by atoms with van der Waals surface area (Å²) in [7, 11) is 3.67. The van der Waals surface area contributed by atoms with Gasteiger partial charge in [-0.1, -0.05) is 41.9 Å². The fourth-order valence-electron chi connectivity index (χ4n) is 2.25. The lowest BCUT2D eigenvalue weighted by Gasteiger charge is -2.11. The van der Waals surface area contributed by atoms with Crippen LogP contribution in [0.4, 0.5) is 0 Å². The number of benzene rings is 2. The Morgan fingerprint density at radius 1 is 1.10 bits per heavy atom. The number of nitrogens with one attached hydrogen (secondary N) is 1. The molecule has 0 aliphatic rings. The van der Waals surface area contributed by atoms with Crippen LogP contribution in [0.2, 0.25) is 5.02 Å². The third-order valence-corrected chi connectivity index (χ3v) is 3.53. The molecule has 0 radical (unpaired) electrons. The van der Waals surface area contributed by atoms with E-state index < -0.39 is 0 Å². The SMILES string of the molecule is CNCc1cc(Cl)ccc1-c1ccc(CCOC)cc1. The van der Waals surface area contributed by atoms with Crippen molar-refractivity contribution >= 4 is 11.6 Å². The van der Waals surface area contributed by atoms with Gasteiger partial charge >= 0.3 is 0 Å². The minimum absolute atomic E-state index is 0.755. The molecule has 0 aliphatic carbocycles. The second-order valence-electron chi connectivity index (χ2n) is 4.77. The molecule has 106 valence electrons. The molecule has 20 heavy (non-hydrogen) atoms. The first-order chi connectivity index (χ1) is 9.74. The molecule has 0 saturated carbocycles. The van der Waals surface area contributed by atoms with E-state index in [1.165, 1.54) is 22.3 Å². The van der Waals surface area contributed by atoms with Gasteiger partial charge in [-0.25, -0.2) is 0 Å². The van der Waals surface area contributed by atoms with E-state index in [1.807, 2.05) is 19.2 Å². The standard InChI is InChI=1S/C17H20ClNO/c1-19-12-15-11-16(18)7-8-17(15)14-5-3-13(4-6-14)9-10-20-2/h3-8,11,19H,9-10,12H2,1-2H3. The molecule has 0 aromatic heterocycles. The maximum absolute atomic E-state index is 6.08. The summed E-state index contributed by atoms with van der Waals surface area (Å²) in [5.41, 5.74) is 4.94. The molecule has 2 nitrogen and oxygen atoms in total. The number of halogens is 1. The van der Waals surface area contributed by atoms with Crippen LogP contribution in [0, 0.1) is 0 Å². The second kappa shape index (κ2) is 7.44. The first-order valence-corrected chi connectivity index (χ1v) is 7.13. The summed E-state index contributed by atoms with van der Waals surface area (Å²) in [6, 6.07) is 14.7. The van der Waals surface area contributed by atoms with Crippen LogP contribution in [-0.4, -0.2) is 20.8 Å². The molecule has 0 atom stereocenters. The van der Waals surface area contributed by atoms with Gasteiger partial charge in [0.05, 0.1) is 6.61 Å². The Kier molecular flexibility index (Phi) is 5.60. The molecule has 1 N–H and O–H groups in total. The molecule has 0 unspecified atom stereocenters. The van der Waals surface area contributed by atoms with Crippen molar-refractivity contribution in [3.63, 3.8) is 0 Å². The minimum Gasteiger partial charge on any atom is -0.384 e. The zero-order valence-corrected chi connectivity index (χ0v) is 12.7. The average Bonchev–Trinajstić information content (AvgIpc) is 2.46. The Labute approximate surface area is 125 Å². The molecular weight excluding hydrogens is 270 g/mol. The van der Waals surface area contributed by atoms with Gasteiger partial charge in [0.25, 0.3) is 0 Å². The van der Waals surface area contributed by atoms with E-state index in [2.05, 4.69) is 35.6 Å².